The zero-order valence-corrected chi connectivity index (χ0v) is 15.6. The predicted octanol–water partition coefficient (Wildman–Crippen LogP) is 2.90. The quantitative estimate of drug-likeness (QED) is 0.792. The van der Waals surface area contributed by atoms with E-state index in [0.717, 1.165) is 19.4 Å². The number of pyridine rings is 1. The second kappa shape index (κ2) is 8.83. The van der Waals surface area contributed by atoms with Crippen LogP contribution in [0, 0.1) is 0 Å². The zero-order valence-electron chi connectivity index (χ0n) is 14.8. The molecule has 1 atom stereocenters. The number of rotatable bonds is 6. The predicted molar refractivity (Wildman–Crippen MR) is 102 cm³/mol. The molecule has 0 saturated carbocycles. The fourth-order valence-electron chi connectivity index (χ4n) is 2.75. The Morgan fingerprint density at radius 1 is 1.30 bits per heavy atom. The zero-order chi connectivity index (χ0) is 19.2. The van der Waals surface area contributed by atoms with Crippen molar-refractivity contribution in [1.29, 1.82) is 0 Å². The molecule has 142 valence electrons. The third-order valence-corrected chi connectivity index (χ3v) is 4.47. The number of halogens is 1. The summed E-state index contributed by atoms with van der Waals surface area (Å²) >= 11 is 6.06. The van der Waals surface area contributed by atoms with Gasteiger partial charge in [0.1, 0.15) is 11.4 Å². The normalized spacial score (nSPS) is 16.0. The van der Waals surface area contributed by atoms with E-state index < -0.39 is 5.91 Å². The molecule has 0 spiro atoms. The van der Waals surface area contributed by atoms with Gasteiger partial charge in [0.25, 0.3) is 11.8 Å². The molecule has 1 fully saturated rings. The van der Waals surface area contributed by atoms with Crippen LogP contribution in [-0.2, 0) is 4.74 Å². The van der Waals surface area contributed by atoms with E-state index in [4.69, 9.17) is 21.1 Å². The van der Waals surface area contributed by atoms with Crippen LogP contribution >= 0.6 is 11.6 Å². The number of nitrogens with zero attached hydrogens (tertiary/aromatic N) is 1. The van der Waals surface area contributed by atoms with Gasteiger partial charge >= 0.3 is 0 Å². The summed E-state index contributed by atoms with van der Waals surface area (Å²) < 4.78 is 10.6. The van der Waals surface area contributed by atoms with Gasteiger partial charge in [0.15, 0.2) is 0 Å². The topological polar surface area (TPSA) is 89.5 Å². The smallest absolute Gasteiger partial charge is 0.274 e. The van der Waals surface area contributed by atoms with Gasteiger partial charge in [0.05, 0.1) is 18.2 Å². The van der Waals surface area contributed by atoms with Crippen LogP contribution in [-0.4, -0.2) is 43.2 Å². The average Bonchev–Trinajstić information content (AvgIpc) is 3.20. The molecule has 7 nitrogen and oxygen atoms in total. The SMILES string of the molecule is COc1ccc(NC(=O)c2cc(C(=O)NCC3CCCO3)ccn2)cc1Cl. The Hall–Kier alpha value is -2.64. The maximum absolute atomic E-state index is 12.4. The number of benzene rings is 1. The van der Waals surface area contributed by atoms with Crippen LogP contribution in [0.15, 0.2) is 36.5 Å². The van der Waals surface area contributed by atoms with Crippen molar-refractivity contribution in [3.05, 3.63) is 52.8 Å². The second-order valence-corrected chi connectivity index (χ2v) is 6.49. The fraction of sp³-hybridized carbons (Fsp3) is 0.316. The summed E-state index contributed by atoms with van der Waals surface area (Å²) in [4.78, 5) is 28.8. The highest BCUT2D eigenvalue weighted by atomic mass is 35.5. The van der Waals surface area contributed by atoms with Gasteiger partial charge in [0.2, 0.25) is 0 Å². The summed E-state index contributed by atoms with van der Waals surface area (Å²) in [5.74, 6) is -0.197. The summed E-state index contributed by atoms with van der Waals surface area (Å²) in [6, 6.07) is 7.91. The molecule has 2 amide bonds. The lowest BCUT2D eigenvalue weighted by Crippen LogP contribution is -2.32. The van der Waals surface area contributed by atoms with Crippen molar-refractivity contribution in [2.24, 2.45) is 0 Å². The summed E-state index contributed by atoms with van der Waals surface area (Å²) in [6.45, 7) is 1.18. The standard InChI is InChI=1S/C19H20ClN3O4/c1-26-17-5-4-13(10-15(17)20)23-19(25)16-9-12(6-7-21-16)18(24)22-11-14-3-2-8-27-14/h4-7,9-10,14H,2-3,8,11H2,1H3,(H,22,24)(H,23,25). The lowest BCUT2D eigenvalue weighted by molar-refractivity contribution is 0.0857. The number of anilines is 1. The molecule has 1 aromatic carbocycles. The van der Waals surface area contributed by atoms with Crippen molar-refractivity contribution < 1.29 is 19.1 Å². The first-order chi connectivity index (χ1) is 13.1. The van der Waals surface area contributed by atoms with Crippen LogP contribution in [0.3, 0.4) is 0 Å². The summed E-state index contributed by atoms with van der Waals surface area (Å²) in [6.07, 6.45) is 3.43. The Bertz CT molecular complexity index is 837. The van der Waals surface area contributed by atoms with Crippen molar-refractivity contribution >= 4 is 29.1 Å². The minimum absolute atomic E-state index is 0.0541. The molecular formula is C19H20ClN3O4. The monoisotopic (exact) mass is 389 g/mol. The van der Waals surface area contributed by atoms with E-state index in [1.54, 1.807) is 24.3 Å². The maximum atomic E-state index is 12.4. The van der Waals surface area contributed by atoms with Crippen molar-refractivity contribution in [3.63, 3.8) is 0 Å². The van der Waals surface area contributed by atoms with E-state index in [1.165, 1.54) is 19.4 Å². The molecule has 1 aliphatic rings. The number of hydrogen-bond donors (Lipinski definition) is 2. The first-order valence-electron chi connectivity index (χ1n) is 8.57. The van der Waals surface area contributed by atoms with Crippen molar-refractivity contribution in [2.45, 2.75) is 18.9 Å². The minimum atomic E-state index is -0.440. The molecule has 0 aliphatic carbocycles. The number of carbonyl (C=O) groups is 2. The molecule has 2 N–H and O–H groups in total. The van der Waals surface area contributed by atoms with Crippen LogP contribution in [0.25, 0.3) is 0 Å². The van der Waals surface area contributed by atoms with Gasteiger partial charge in [-0.05, 0) is 43.2 Å². The minimum Gasteiger partial charge on any atom is -0.495 e. The Balaban J connectivity index is 1.64. The largest absolute Gasteiger partial charge is 0.495 e. The molecule has 1 saturated heterocycles. The first-order valence-corrected chi connectivity index (χ1v) is 8.95. The number of methoxy groups -OCH3 is 1. The van der Waals surface area contributed by atoms with Gasteiger partial charge in [-0.2, -0.15) is 0 Å². The van der Waals surface area contributed by atoms with Gasteiger partial charge in [-0.1, -0.05) is 11.6 Å². The molecule has 3 rings (SSSR count). The summed E-state index contributed by atoms with van der Waals surface area (Å²) in [5, 5.41) is 5.90. The van der Waals surface area contributed by atoms with Gasteiger partial charge < -0.3 is 20.1 Å². The molecule has 0 radical (unpaired) electrons. The first kappa shape index (κ1) is 19.1. The summed E-state index contributed by atoms with van der Waals surface area (Å²) in [7, 11) is 1.51. The van der Waals surface area contributed by atoms with Crippen molar-refractivity contribution in [2.75, 3.05) is 25.6 Å². The van der Waals surface area contributed by atoms with Gasteiger partial charge in [-0.3, -0.25) is 14.6 Å². The number of hydrogen-bond acceptors (Lipinski definition) is 5. The molecular weight excluding hydrogens is 370 g/mol. The van der Waals surface area contributed by atoms with E-state index in [1.807, 2.05) is 0 Å². The van der Waals surface area contributed by atoms with Gasteiger partial charge in [0, 0.05) is 30.6 Å². The lowest BCUT2D eigenvalue weighted by Gasteiger charge is -2.11. The van der Waals surface area contributed by atoms with E-state index in [0.29, 0.717) is 28.6 Å². The third kappa shape index (κ3) is 4.96. The molecule has 1 unspecified atom stereocenters. The van der Waals surface area contributed by atoms with E-state index in [9.17, 15) is 9.59 Å². The van der Waals surface area contributed by atoms with Crippen LogP contribution in [0.4, 0.5) is 5.69 Å². The van der Waals surface area contributed by atoms with Crippen LogP contribution in [0.5, 0.6) is 5.75 Å². The van der Waals surface area contributed by atoms with E-state index >= 15 is 0 Å². The number of nitrogens with one attached hydrogen (secondary N) is 2. The molecule has 8 heteroatoms. The highest BCUT2D eigenvalue weighted by Gasteiger charge is 2.17. The molecule has 27 heavy (non-hydrogen) atoms. The number of carbonyl (C=O) groups excluding carboxylic acids is 2. The summed E-state index contributed by atoms with van der Waals surface area (Å²) in [5.41, 5.74) is 0.994. The molecule has 1 aromatic heterocycles. The molecule has 0 bridgehead atoms. The maximum Gasteiger partial charge on any atom is 0.274 e. The Morgan fingerprint density at radius 2 is 2.15 bits per heavy atom. The van der Waals surface area contributed by atoms with E-state index in [-0.39, 0.29) is 17.7 Å². The van der Waals surface area contributed by atoms with Gasteiger partial charge in [-0.25, -0.2) is 0 Å². The van der Waals surface area contributed by atoms with Gasteiger partial charge in [-0.15, -0.1) is 0 Å². The number of amides is 2. The second-order valence-electron chi connectivity index (χ2n) is 6.08. The Kier molecular flexibility index (Phi) is 6.26. The van der Waals surface area contributed by atoms with Crippen molar-refractivity contribution in [1.82, 2.24) is 10.3 Å². The Morgan fingerprint density at radius 3 is 2.85 bits per heavy atom. The van der Waals surface area contributed by atoms with E-state index in [2.05, 4.69) is 15.6 Å². The average molecular weight is 390 g/mol. The third-order valence-electron chi connectivity index (χ3n) is 4.18. The molecule has 2 aromatic rings. The highest BCUT2D eigenvalue weighted by Crippen LogP contribution is 2.27. The number of ether oxygens (including phenoxy) is 2. The van der Waals surface area contributed by atoms with Crippen LogP contribution in [0.1, 0.15) is 33.7 Å². The fourth-order valence-corrected chi connectivity index (χ4v) is 3.01. The lowest BCUT2D eigenvalue weighted by atomic mass is 10.2. The molecule has 2 heterocycles. The molecule has 1 aliphatic heterocycles. The van der Waals surface area contributed by atoms with Crippen LogP contribution in [0.2, 0.25) is 5.02 Å². The van der Waals surface area contributed by atoms with Crippen LogP contribution < -0.4 is 15.4 Å². The number of aromatic nitrogens is 1. The highest BCUT2D eigenvalue weighted by molar-refractivity contribution is 6.32. The van der Waals surface area contributed by atoms with Crippen molar-refractivity contribution in [3.8, 4) is 5.75 Å². The Labute approximate surface area is 162 Å².